The lowest BCUT2D eigenvalue weighted by molar-refractivity contribution is -0.135. The molecule has 1 aliphatic heterocycles. The van der Waals surface area contributed by atoms with Crippen LogP contribution < -0.4 is 5.32 Å². The number of nitrogens with zero attached hydrogens (tertiary/aromatic N) is 2. The summed E-state index contributed by atoms with van der Waals surface area (Å²) in [5.41, 5.74) is 0.880. The van der Waals surface area contributed by atoms with Gasteiger partial charge in [0.1, 0.15) is 12.5 Å². The van der Waals surface area contributed by atoms with E-state index in [4.69, 9.17) is 4.74 Å². The van der Waals surface area contributed by atoms with Gasteiger partial charge in [0, 0.05) is 6.54 Å². The summed E-state index contributed by atoms with van der Waals surface area (Å²) in [6.45, 7) is 6.75. The van der Waals surface area contributed by atoms with Crippen LogP contribution in [0.15, 0.2) is 30.3 Å². The maximum atomic E-state index is 12.9. The van der Waals surface area contributed by atoms with Crippen molar-refractivity contribution in [1.29, 1.82) is 5.26 Å². The molecule has 9 heteroatoms. The summed E-state index contributed by atoms with van der Waals surface area (Å²) in [7, 11) is -1.74. The lowest BCUT2D eigenvalue weighted by atomic mass is 9.76. The lowest BCUT2D eigenvalue weighted by Crippen LogP contribution is -2.49. The average Bonchev–Trinajstić information content (AvgIpc) is 3.20. The molecule has 1 saturated heterocycles. The number of nitriles is 1. The summed E-state index contributed by atoms with van der Waals surface area (Å²) in [5, 5.41) is 31.2. The van der Waals surface area contributed by atoms with Gasteiger partial charge >= 0.3 is 13.2 Å². The zero-order chi connectivity index (χ0) is 23.7. The highest BCUT2D eigenvalue weighted by atomic mass is 16.5. The van der Waals surface area contributed by atoms with Crippen LogP contribution in [0.25, 0.3) is 0 Å². The number of alkyl carbamates (subject to hydrolysis) is 1. The number of rotatable bonds is 9. The number of benzene rings is 1. The highest BCUT2D eigenvalue weighted by molar-refractivity contribution is 6.43. The van der Waals surface area contributed by atoms with Gasteiger partial charge in [-0.05, 0) is 43.1 Å². The van der Waals surface area contributed by atoms with Crippen LogP contribution in [0.2, 0.25) is 0 Å². The molecular formula is C23H34BN3O5. The number of ether oxygens (including phenoxy) is 1. The molecular weight excluding hydrogens is 409 g/mol. The molecule has 0 saturated carbocycles. The molecule has 174 valence electrons. The molecule has 0 aliphatic carbocycles. The second-order valence-corrected chi connectivity index (χ2v) is 9.56. The Balaban J connectivity index is 1.88. The van der Waals surface area contributed by atoms with Gasteiger partial charge in [-0.3, -0.25) is 4.79 Å². The molecule has 1 heterocycles. The minimum Gasteiger partial charge on any atom is -0.447 e. The van der Waals surface area contributed by atoms with Gasteiger partial charge in [-0.1, -0.05) is 51.1 Å². The van der Waals surface area contributed by atoms with E-state index < -0.39 is 25.1 Å². The molecule has 0 spiro atoms. The summed E-state index contributed by atoms with van der Waals surface area (Å²) >= 11 is 0. The fourth-order valence-corrected chi connectivity index (χ4v) is 3.78. The Bertz CT molecular complexity index is 791. The molecule has 32 heavy (non-hydrogen) atoms. The van der Waals surface area contributed by atoms with Crippen molar-refractivity contribution >= 4 is 19.1 Å². The molecule has 1 unspecified atom stereocenters. The highest BCUT2D eigenvalue weighted by Crippen LogP contribution is 2.27. The van der Waals surface area contributed by atoms with E-state index in [1.807, 2.05) is 30.3 Å². The SMILES string of the molecule is CC(C)(C)CCC(C#N)C(=O)N1CCC[C@@H]1COC(=O)N[C@@H](Cc1ccccc1)B(O)O. The summed E-state index contributed by atoms with van der Waals surface area (Å²) in [4.78, 5) is 26.8. The number of likely N-dealkylation sites (tertiary alicyclic amines) is 1. The van der Waals surface area contributed by atoms with Crippen molar-refractivity contribution in [3.8, 4) is 6.07 Å². The number of amides is 2. The first kappa shape index (κ1) is 25.7. The molecule has 1 aromatic carbocycles. The van der Waals surface area contributed by atoms with E-state index in [0.29, 0.717) is 19.4 Å². The van der Waals surface area contributed by atoms with Gasteiger partial charge in [0.25, 0.3) is 0 Å². The smallest absolute Gasteiger partial charge is 0.447 e. The third kappa shape index (κ3) is 8.17. The summed E-state index contributed by atoms with van der Waals surface area (Å²) in [6, 6.07) is 11.0. The van der Waals surface area contributed by atoms with Gasteiger partial charge in [-0.2, -0.15) is 5.26 Å². The van der Waals surface area contributed by atoms with Gasteiger partial charge in [0.2, 0.25) is 5.91 Å². The second-order valence-electron chi connectivity index (χ2n) is 9.56. The zero-order valence-corrected chi connectivity index (χ0v) is 19.2. The van der Waals surface area contributed by atoms with Gasteiger partial charge in [-0.15, -0.1) is 0 Å². The van der Waals surface area contributed by atoms with Gasteiger partial charge < -0.3 is 25.0 Å². The Hall–Kier alpha value is -2.57. The molecule has 0 bridgehead atoms. The van der Waals surface area contributed by atoms with Crippen LogP contribution >= 0.6 is 0 Å². The van der Waals surface area contributed by atoms with Crippen molar-refractivity contribution in [2.45, 2.75) is 64.9 Å². The third-order valence-corrected chi connectivity index (χ3v) is 5.67. The average molecular weight is 443 g/mol. The molecule has 1 aromatic rings. The van der Waals surface area contributed by atoms with Crippen molar-refractivity contribution in [1.82, 2.24) is 10.2 Å². The van der Waals surface area contributed by atoms with Gasteiger partial charge in [0.05, 0.1) is 18.1 Å². The van der Waals surface area contributed by atoms with E-state index in [1.165, 1.54) is 0 Å². The van der Waals surface area contributed by atoms with E-state index in [2.05, 4.69) is 32.2 Å². The summed E-state index contributed by atoms with van der Waals surface area (Å²) < 4.78 is 5.30. The first-order valence-corrected chi connectivity index (χ1v) is 11.1. The molecule has 3 atom stereocenters. The van der Waals surface area contributed by atoms with Crippen LogP contribution in [0.4, 0.5) is 4.79 Å². The minimum atomic E-state index is -1.74. The van der Waals surface area contributed by atoms with Crippen molar-refractivity contribution < 1.29 is 24.4 Å². The Morgan fingerprint density at radius 2 is 2.00 bits per heavy atom. The molecule has 0 radical (unpaired) electrons. The number of nitrogens with one attached hydrogen (secondary N) is 1. The Morgan fingerprint density at radius 1 is 1.31 bits per heavy atom. The van der Waals surface area contributed by atoms with Crippen LogP contribution in [0, 0.1) is 22.7 Å². The van der Waals surface area contributed by atoms with Crippen LogP contribution in [-0.4, -0.2) is 59.2 Å². The maximum Gasteiger partial charge on any atom is 0.475 e. The van der Waals surface area contributed by atoms with Crippen molar-refractivity contribution in [3.63, 3.8) is 0 Å². The monoisotopic (exact) mass is 443 g/mol. The molecule has 1 aliphatic rings. The largest absolute Gasteiger partial charge is 0.475 e. The Morgan fingerprint density at radius 3 is 2.59 bits per heavy atom. The molecule has 8 nitrogen and oxygen atoms in total. The van der Waals surface area contributed by atoms with Crippen LogP contribution in [0.3, 0.4) is 0 Å². The third-order valence-electron chi connectivity index (χ3n) is 5.67. The first-order valence-electron chi connectivity index (χ1n) is 11.1. The molecule has 2 amide bonds. The lowest BCUT2D eigenvalue weighted by Gasteiger charge is -2.28. The van der Waals surface area contributed by atoms with E-state index >= 15 is 0 Å². The first-order chi connectivity index (χ1) is 15.1. The standard InChI is InChI=1S/C23H34BN3O5/c1-23(2,3)12-11-18(15-25)21(28)27-13-7-10-19(27)16-32-22(29)26-20(24(30)31)14-17-8-5-4-6-9-17/h4-6,8-9,18-20,30-31H,7,10-14,16H2,1-3H3,(H,26,29)/t18?,19-,20+/m1/s1. The quantitative estimate of drug-likeness (QED) is 0.504. The predicted molar refractivity (Wildman–Crippen MR) is 121 cm³/mol. The molecule has 2 rings (SSSR count). The maximum absolute atomic E-state index is 12.9. The van der Waals surface area contributed by atoms with Gasteiger partial charge in [-0.25, -0.2) is 4.79 Å². The number of carbonyl (C=O) groups excluding carboxylic acids is 2. The van der Waals surface area contributed by atoms with Crippen molar-refractivity contribution in [2.75, 3.05) is 13.2 Å². The van der Waals surface area contributed by atoms with Gasteiger partial charge in [0.15, 0.2) is 0 Å². The zero-order valence-electron chi connectivity index (χ0n) is 19.2. The van der Waals surface area contributed by atoms with E-state index in [-0.39, 0.29) is 30.4 Å². The summed E-state index contributed by atoms with van der Waals surface area (Å²) in [6.07, 6.45) is 2.19. The van der Waals surface area contributed by atoms with Crippen LogP contribution in [0.1, 0.15) is 52.0 Å². The van der Waals surface area contributed by atoms with E-state index in [1.54, 1.807) is 4.90 Å². The fraction of sp³-hybridized carbons (Fsp3) is 0.609. The fourth-order valence-electron chi connectivity index (χ4n) is 3.78. The molecule has 1 fully saturated rings. The topological polar surface area (TPSA) is 123 Å². The predicted octanol–water partition coefficient (Wildman–Crippen LogP) is 2.29. The van der Waals surface area contributed by atoms with Crippen molar-refractivity contribution in [2.24, 2.45) is 11.3 Å². The minimum absolute atomic E-state index is 0.00538. The second kappa shape index (κ2) is 11.9. The van der Waals surface area contributed by atoms with E-state index in [9.17, 15) is 24.9 Å². The molecule has 3 N–H and O–H groups in total. The molecule has 0 aromatic heterocycles. The number of carbonyl (C=O) groups is 2. The number of hydrogen-bond donors (Lipinski definition) is 3. The summed E-state index contributed by atoms with van der Waals surface area (Å²) in [5.74, 6) is -1.84. The van der Waals surface area contributed by atoms with Crippen molar-refractivity contribution in [3.05, 3.63) is 35.9 Å². The Kier molecular flexibility index (Phi) is 9.54. The highest BCUT2D eigenvalue weighted by Gasteiger charge is 2.35. The Labute approximate surface area is 190 Å². The van der Waals surface area contributed by atoms with E-state index in [0.717, 1.165) is 18.4 Å². The van der Waals surface area contributed by atoms with Crippen LogP contribution in [0.5, 0.6) is 0 Å². The number of hydrogen-bond acceptors (Lipinski definition) is 6. The van der Waals surface area contributed by atoms with Crippen LogP contribution in [-0.2, 0) is 16.0 Å². The normalized spacial score (nSPS) is 17.9.